The van der Waals surface area contributed by atoms with Crippen LogP contribution in [-0.2, 0) is 6.42 Å². The molecule has 0 unspecified atom stereocenters. The average molecular weight is 175 g/mol. The molecule has 0 radical (unpaired) electrons. The first-order valence-corrected chi connectivity index (χ1v) is 4.12. The molecule has 0 aliphatic carbocycles. The molecule has 0 amide bonds. The molecule has 0 aliphatic rings. The fourth-order valence-electron chi connectivity index (χ4n) is 1.06. The predicted octanol–water partition coefficient (Wildman–Crippen LogP) is 1.69. The summed E-state index contributed by atoms with van der Waals surface area (Å²) in [5.41, 5.74) is 1.94. The van der Waals surface area contributed by atoms with Crippen LogP contribution in [-0.4, -0.2) is 15.1 Å². The van der Waals surface area contributed by atoms with Gasteiger partial charge in [-0.25, -0.2) is 0 Å². The lowest BCUT2D eigenvalue weighted by Crippen LogP contribution is -1.87. The Morgan fingerprint density at radius 2 is 2.23 bits per heavy atom. The van der Waals surface area contributed by atoms with Gasteiger partial charge in [-0.05, 0) is 18.6 Å². The quantitative estimate of drug-likeness (QED) is 0.697. The molecule has 0 atom stereocenters. The van der Waals surface area contributed by atoms with Crippen molar-refractivity contribution in [2.45, 2.75) is 13.3 Å². The third-order valence-corrected chi connectivity index (χ3v) is 1.81. The van der Waals surface area contributed by atoms with E-state index < -0.39 is 0 Å². The number of nitrogens with zero attached hydrogens (tertiary/aromatic N) is 3. The molecule has 0 aliphatic heterocycles. The smallest absolute Gasteiger partial charge is 0.214 e. The van der Waals surface area contributed by atoms with Crippen molar-refractivity contribution in [3.8, 4) is 11.4 Å². The van der Waals surface area contributed by atoms with Gasteiger partial charge in [0.25, 0.3) is 0 Å². The lowest BCUT2D eigenvalue weighted by molar-refractivity contribution is 0.418. The largest absolute Gasteiger partial charge is 0.342 e. The number of hydrogen-bond donors (Lipinski definition) is 0. The summed E-state index contributed by atoms with van der Waals surface area (Å²) in [7, 11) is 0. The molecule has 0 aromatic carbocycles. The molecule has 0 bridgehead atoms. The van der Waals surface area contributed by atoms with Crippen LogP contribution < -0.4 is 0 Å². The van der Waals surface area contributed by atoms with Gasteiger partial charge in [0.2, 0.25) is 12.2 Å². The van der Waals surface area contributed by atoms with Gasteiger partial charge in [0.15, 0.2) is 0 Å². The van der Waals surface area contributed by atoms with E-state index in [-0.39, 0.29) is 0 Å². The zero-order valence-electron chi connectivity index (χ0n) is 7.27. The van der Waals surface area contributed by atoms with Crippen molar-refractivity contribution in [2.75, 3.05) is 0 Å². The molecule has 2 rings (SSSR count). The highest BCUT2D eigenvalue weighted by Gasteiger charge is 2.02. The summed E-state index contributed by atoms with van der Waals surface area (Å²) in [5, 5.41) is 3.72. The molecule has 4 heteroatoms. The minimum atomic E-state index is 0.579. The summed E-state index contributed by atoms with van der Waals surface area (Å²) in [5.74, 6) is 0.579. The zero-order chi connectivity index (χ0) is 9.10. The van der Waals surface area contributed by atoms with Crippen LogP contribution in [0.5, 0.6) is 0 Å². The molecule has 13 heavy (non-hydrogen) atoms. The minimum Gasteiger partial charge on any atom is -0.342 e. The third kappa shape index (κ3) is 1.56. The van der Waals surface area contributed by atoms with Gasteiger partial charge < -0.3 is 4.52 Å². The first-order valence-electron chi connectivity index (χ1n) is 4.12. The van der Waals surface area contributed by atoms with Crippen LogP contribution in [0.15, 0.2) is 29.2 Å². The summed E-state index contributed by atoms with van der Waals surface area (Å²) in [6.45, 7) is 2.07. The second-order valence-electron chi connectivity index (χ2n) is 2.65. The van der Waals surface area contributed by atoms with E-state index in [2.05, 4.69) is 26.6 Å². The lowest BCUT2D eigenvalue weighted by Gasteiger charge is -1.95. The molecule has 0 saturated heterocycles. The predicted molar refractivity (Wildman–Crippen MR) is 46.9 cm³/mol. The maximum atomic E-state index is 4.64. The average Bonchev–Trinajstić information content (AvgIpc) is 2.71. The highest BCUT2D eigenvalue weighted by atomic mass is 16.5. The van der Waals surface area contributed by atoms with E-state index in [0.29, 0.717) is 5.82 Å². The fourth-order valence-corrected chi connectivity index (χ4v) is 1.06. The third-order valence-electron chi connectivity index (χ3n) is 1.81. The Labute approximate surface area is 75.6 Å². The van der Waals surface area contributed by atoms with Crippen LogP contribution in [0, 0.1) is 0 Å². The number of aryl methyl sites for hydroxylation is 1. The van der Waals surface area contributed by atoms with Crippen molar-refractivity contribution in [1.82, 2.24) is 15.1 Å². The Morgan fingerprint density at radius 3 is 2.77 bits per heavy atom. The molecule has 2 heterocycles. The van der Waals surface area contributed by atoms with Crippen LogP contribution in [0.25, 0.3) is 11.4 Å². The summed E-state index contributed by atoms with van der Waals surface area (Å²) in [6, 6.07) is 3.91. The summed E-state index contributed by atoms with van der Waals surface area (Å²) < 4.78 is 4.64. The highest BCUT2D eigenvalue weighted by Crippen LogP contribution is 2.12. The summed E-state index contributed by atoms with van der Waals surface area (Å²) in [4.78, 5) is 8.16. The van der Waals surface area contributed by atoms with Crippen molar-refractivity contribution in [1.29, 1.82) is 0 Å². The topological polar surface area (TPSA) is 51.8 Å². The van der Waals surface area contributed by atoms with Gasteiger partial charge in [0.1, 0.15) is 0 Å². The first-order chi connectivity index (χ1) is 6.40. The summed E-state index contributed by atoms with van der Waals surface area (Å²) in [6.07, 6.45) is 4.00. The standard InChI is InChI=1S/C9H9N3O/c1-2-8-4-3-7(5-10-8)9-11-6-13-12-9/h3-6H,2H2,1H3. The van der Waals surface area contributed by atoms with Crippen LogP contribution in [0.3, 0.4) is 0 Å². The second kappa shape index (κ2) is 3.35. The van der Waals surface area contributed by atoms with Crippen molar-refractivity contribution in [3.05, 3.63) is 30.4 Å². The zero-order valence-corrected chi connectivity index (χ0v) is 7.27. The van der Waals surface area contributed by atoms with Crippen molar-refractivity contribution >= 4 is 0 Å². The van der Waals surface area contributed by atoms with Gasteiger partial charge in [-0.3, -0.25) is 4.98 Å². The lowest BCUT2D eigenvalue weighted by atomic mass is 10.2. The highest BCUT2D eigenvalue weighted by molar-refractivity contribution is 5.51. The van der Waals surface area contributed by atoms with Gasteiger partial charge in [-0.2, -0.15) is 4.98 Å². The van der Waals surface area contributed by atoms with E-state index in [1.807, 2.05) is 12.1 Å². The van der Waals surface area contributed by atoms with E-state index in [1.165, 1.54) is 6.39 Å². The van der Waals surface area contributed by atoms with E-state index in [9.17, 15) is 0 Å². The molecule has 0 spiro atoms. The van der Waals surface area contributed by atoms with Gasteiger partial charge in [-0.1, -0.05) is 12.1 Å². The second-order valence-corrected chi connectivity index (χ2v) is 2.65. The van der Waals surface area contributed by atoms with Gasteiger partial charge in [-0.15, -0.1) is 0 Å². The van der Waals surface area contributed by atoms with Crippen molar-refractivity contribution in [2.24, 2.45) is 0 Å². The molecule has 66 valence electrons. The van der Waals surface area contributed by atoms with Gasteiger partial charge >= 0.3 is 0 Å². The van der Waals surface area contributed by atoms with Gasteiger partial charge in [0.05, 0.1) is 0 Å². The molecule has 0 saturated carbocycles. The molecule has 2 aromatic rings. The molecule has 0 N–H and O–H groups in total. The minimum absolute atomic E-state index is 0.579. The Hall–Kier alpha value is -1.71. The van der Waals surface area contributed by atoms with Crippen molar-refractivity contribution in [3.63, 3.8) is 0 Å². The summed E-state index contributed by atoms with van der Waals surface area (Å²) >= 11 is 0. The normalized spacial score (nSPS) is 10.2. The van der Waals surface area contributed by atoms with E-state index in [4.69, 9.17) is 0 Å². The van der Waals surface area contributed by atoms with Crippen LogP contribution in [0.4, 0.5) is 0 Å². The first kappa shape index (κ1) is 7.91. The maximum Gasteiger partial charge on any atom is 0.214 e. The van der Waals surface area contributed by atoms with Gasteiger partial charge in [0, 0.05) is 17.5 Å². The molecule has 4 nitrogen and oxygen atoms in total. The number of rotatable bonds is 2. The molecule has 0 fully saturated rings. The van der Waals surface area contributed by atoms with Crippen molar-refractivity contribution < 1.29 is 4.52 Å². The Bertz CT molecular complexity index is 366. The Morgan fingerprint density at radius 1 is 1.31 bits per heavy atom. The van der Waals surface area contributed by atoms with Crippen LogP contribution in [0.2, 0.25) is 0 Å². The van der Waals surface area contributed by atoms with E-state index >= 15 is 0 Å². The van der Waals surface area contributed by atoms with E-state index in [1.54, 1.807) is 6.20 Å². The Balaban J connectivity index is 2.33. The molecule has 2 aromatic heterocycles. The SMILES string of the molecule is CCc1ccc(-c2ncon2)cn1. The fraction of sp³-hybridized carbons (Fsp3) is 0.222. The van der Waals surface area contributed by atoms with Crippen LogP contribution in [0.1, 0.15) is 12.6 Å². The molecular formula is C9H9N3O. The molecular weight excluding hydrogens is 166 g/mol. The Kier molecular flexibility index (Phi) is 2.04. The maximum absolute atomic E-state index is 4.64. The van der Waals surface area contributed by atoms with E-state index in [0.717, 1.165) is 17.7 Å². The van der Waals surface area contributed by atoms with Crippen LogP contribution >= 0.6 is 0 Å². The number of aromatic nitrogens is 3. The number of pyridine rings is 1. The number of hydrogen-bond acceptors (Lipinski definition) is 4. The monoisotopic (exact) mass is 175 g/mol.